The average molecular weight is 351 g/mol. The van der Waals surface area contributed by atoms with Crippen molar-refractivity contribution in [3.8, 4) is 17.1 Å². The van der Waals surface area contributed by atoms with E-state index in [0.29, 0.717) is 5.02 Å². The fourth-order valence-electron chi connectivity index (χ4n) is 2.89. The van der Waals surface area contributed by atoms with E-state index in [-0.39, 0.29) is 5.41 Å². The van der Waals surface area contributed by atoms with Crippen LogP contribution in [0.15, 0.2) is 54.6 Å². The van der Waals surface area contributed by atoms with Gasteiger partial charge < -0.3 is 4.98 Å². The van der Waals surface area contributed by atoms with E-state index in [4.69, 9.17) is 21.7 Å². The molecule has 0 fully saturated rings. The Morgan fingerprint density at radius 1 is 0.960 bits per heavy atom. The molecule has 0 amide bonds. The van der Waals surface area contributed by atoms with Crippen LogP contribution in [0.4, 0.5) is 0 Å². The van der Waals surface area contributed by atoms with Gasteiger partial charge in [0.25, 0.3) is 0 Å². The molecule has 1 N–H and O–H groups in total. The quantitative estimate of drug-likeness (QED) is 0.528. The Morgan fingerprint density at radius 3 is 2.28 bits per heavy atom. The predicted octanol–water partition coefficient (Wildman–Crippen LogP) is 5.37. The van der Waals surface area contributed by atoms with E-state index in [1.165, 1.54) is 0 Å². The third-order valence-corrected chi connectivity index (χ3v) is 4.40. The number of aromatic nitrogens is 4. The highest BCUT2D eigenvalue weighted by Gasteiger charge is 2.26. The molecule has 25 heavy (non-hydrogen) atoms. The normalized spacial score (nSPS) is 12.0. The van der Waals surface area contributed by atoms with E-state index < -0.39 is 0 Å². The zero-order chi connectivity index (χ0) is 17.6. The highest BCUT2D eigenvalue weighted by molar-refractivity contribution is 6.30. The molecular formula is C20H19ClN4. The molecule has 4 aromatic rings. The molecule has 4 nitrogen and oxygen atoms in total. The summed E-state index contributed by atoms with van der Waals surface area (Å²) in [6, 6.07) is 17.8. The van der Waals surface area contributed by atoms with E-state index in [9.17, 15) is 0 Å². The summed E-state index contributed by atoms with van der Waals surface area (Å²) in [4.78, 5) is 8.29. The molecule has 2 aromatic heterocycles. The number of nitrogens with one attached hydrogen (secondary N) is 1. The smallest absolute Gasteiger partial charge is 0.161 e. The van der Waals surface area contributed by atoms with Crippen LogP contribution in [0.2, 0.25) is 5.02 Å². The number of nitrogens with zero attached hydrogens (tertiary/aromatic N) is 3. The molecule has 4 rings (SSSR count). The van der Waals surface area contributed by atoms with Gasteiger partial charge in [-0.15, -0.1) is 0 Å². The van der Waals surface area contributed by atoms with Crippen molar-refractivity contribution in [3.05, 3.63) is 65.3 Å². The van der Waals surface area contributed by atoms with Crippen LogP contribution in [0, 0.1) is 0 Å². The summed E-state index contributed by atoms with van der Waals surface area (Å²) in [7, 11) is 0. The van der Waals surface area contributed by atoms with Crippen molar-refractivity contribution in [1.82, 2.24) is 19.7 Å². The highest BCUT2D eigenvalue weighted by Crippen LogP contribution is 2.31. The number of fused-ring (bicyclic) bond motifs is 1. The van der Waals surface area contributed by atoms with Gasteiger partial charge in [0.05, 0.1) is 11.4 Å². The topological polar surface area (TPSA) is 46.5 Å². The van der Waals surface area contributed by atoms with Crippen LogP contribution in [-0.2, 0) is 5.41 Å². The number of hydrogen-bond donors (Lipinski definition) is 1. The standard InChI is InChI=1S/C20H19ClN4/c1-20(2,3)17-16-19(23-18(22-16)13-7-5-4-6-8-13)25(24-17)15-11-9-14(21)10-12-15/h4-12H,1-3H3,(H,22,23). The molecule has 0 atom stereocenters. The molecule has 0 aliphatic carbocycles. The van der Waals surface area contributed by atoms with E-state index in [0.717, 1.165) is 33.9 Å². The van der Waals surface area contributed by atoms with Crippen molar-refractivity contribution >= 4 is 22.8 Å². The molecule has 0 aliphatic rings. The molecule has 5 heteroatoms. The lowest BCUT2D eigenvalue weighted by molar-refractivity contribution is 0.563. The molecule has 0 radical (unpaired) electrons. The Labute approximate surface area is 151 Å². The summed E-state index contributed by atoms with van der Waals surface area (Å²) in [5, 5.41) is 5.54. The van der Waals surface area contributed by atoms with Crippen LogP contribution < -0.4 is 0 Å². The first kappa shape index (κ1) is 15.9. The van der Waals surface area contributed by atoms with Gasteiger partial charge in [-0.1, -0.05) is 62.7 Å². The lowest BCUT2D eigenvalue weighted by Gasteiger charge is -2.14. The summed E-state index contributed by atoms with van der Waals surface area (Å²) in [5.74, 6) is 0.848. The Bertz CT molecular complexity index is 1020. The summed E-state index contributed by atoms with van der Waals surface area (Å²) in [6.45, 7) is 6.45. The lowest BCUT2D eigenvalue weighted by atomic mass is 9.92. The SMILES string of the molecule is CC(C)(C)c1nn(-c2ccc(Cl)cc2)c2[nH]c(-c3ccccc3)nc12. The predicted molar refractivity (Wildman–Crippen MR) is 102 cm³/mol. The third kappa shape index (κ3) is 2.83. The maximum absolute atomic E-state index is 6.03. The molecule has 0 bridgehead atoms. The molecular weight excluding hydrogens is 332 g/mol. The molecule has 2 aromatic carbocycles. The zero-order valence-electron chi connectivity index (χ0n) is 14.4. The fourth-order valence-corrected chi connectivity index (χ4v) is 3.01. The van der Waals surface area contributed by atoms with Gasteiger partial charge in [0.15, 0.2) is 5.65 Å². The van der Waals surface area contributed by atoms with Gasteiger partial charge in [0, 0.05) is 16.0 Å². The molecule has 0 saturated heterocycles. The van der Waals surface area contributed by atoms with Crippen molar-refractivity contribution in [2.24, 2.45) is 0 Å². The maximum atomic E-state index is 6.03. The monoisotopic (exact) mass is 350 g/mol. The van der Waals surface area contributed by atoms with Gasteiger partial charge in [-0.05, 0) is 24.3 Å². The largest absolute Gasteiger partial charge is 0.322 e. The van der Waals surface area contributed by atoms with Gasteiger partial charge in [0.2, 0.25) is 0 Å². The molecule has 0 saturated carbocycles. The zero-order valence-corrected chi connectivity index (χ0v) is 15.2. The first-order chi connectivity index (χ1) is 11.9. The molecule has 0 aliphatic heterocycles. The van der Waals surface area contributed by atoms with Gasteiger partial charge >= 0.3 is 0 Å². The highest BCUT2D eigenvalue weighted by atomic mass is 35.5. The van der Waals surface area contributed by atoms with Crippen LogP contribution in [0.3, 0.4) is 0 Å². The van der Waals surface area contributed by atoms with Crippen LogP contribution in [0.5, 0.6) is 0 Å². The molecule has 0 spiro atoms. The second kappa shape index (κ2) is 5.74. The van der Waals surface area contributed by atoms with E-state index >= 15 is 0 Å². The number of hydrogen-bond acceptors (Lipinski definition) is 2. The van der Waals surface area contributed by atoms with Gasteiger partial charge in [-0.25, -0.2) is 9.67 Å². The number of halogens is 1. The number of H-pyrrole nitrogens is 1. The third-order valence-electron chi connectivity index (χ3n) is 4.15. The average Bonchev–Trinajstić information content (AvgIpc) is 3.15. The van der Waals surface area contributed by atoms with Crippen LogP contribution in [-0.4, -0.2) is 19.7 Å². The molecule has 126 valence electrons. The fraction of sp³-hybridized carbons (Fsp3) is 0.200. The first-order valence-electron chi connectivity index (χ1n) is 8.24. The van der Waals surface area contributed by atoms with E-state index in [2.05, 4.69) is 37.9 Å². The number of rotatable bonds is 2. The first-order valence-corrected chi connectivity index (χ1v) is 8.62. The van der Waals surface area contributed by atoms with Crippen molar-refractivity contribution in [3.63, 3.8) is 0 Å². The summed E-state index contributed by atoms with van der Waals surface area (Å²) in [5.41, 5.74) is 4.66. The van der Waals surface area contributed by atoms with Crippen LogP contribution in [0.1, 0.15) is 26.5 Å². The maximum Gasteiger partial charge on any atom is 0.161 e. The second-order valence-corrected chi connectivity index (χ2v) is 7.57. The Morgan fingerprint density at radius 2 is 1.64 bits per heavy atom. The molecule has 0 unspecified atom stereocenters. The lowest BCUT2D eigenvalue weighted by Crippen LogP contribution is -2.13. The van der Waals surface area contributed by atoms with Crippen LogP contribution >= 0.6 is 11.6 Å². The number of benzene rings is 2. The molecule has 2 heterocycles. The van der Waals surface area contributed by atoms with Gasteiger partial charge in [-0.3, -0.25) is 0 Å². The van der Waals surface area contributed by atoms with Gasteiger partial charge in [-0.2, -0.15) is 5.10 Å². The minimum absolute atomic E-state index is 0.112. The van der Waals surface area contributed by atoms with Crippen molar-refractivity contribution in [1.29, 1.82) is 0 Å². The summed E-state index contributed by atoms with van der Waals surface area (Å²) >= 11 is 6.03. The van der Waals surface area contributed by atoms with E-state index in [1.807, 2.05) is 47.1 Å². The minimum atomic E-state index is -0.112. The Balaban J connectivity index is 1.97. The number of aromatic amines is 1. The number of imidazole rings is 1. The summed E-state index contributed by atoms with van der Waals surface area (Å²) in [6.07, 6.45) is 0. The minimum Gasteiger partial charge on any atom is -0.322 e. The Hall–Kier alpha value is -2.59. The van der Waals surface area contributed by atoms with Crippen molar-refractivity contribution < 1.29 is 0 Å². The van der Waals surface area contributed by atoms with Crippen molar-refractivity contribution in [2.45, 2.75) is 26.2 Å². The summed E-state index contributed by atoms with van der Waals surface area (Å²) < 4.78 is 1.91. The van der Waals surface area contributed by atoms with Gasteiger partial charge in [0.1, 0.15) is 11.3 Å². The van der Waals surface area contributed by atoms with Crippen LogP contribution in [0.25, 0.3) is 28.2 Å². The second-order valence-electron chi connectivity index (χ2n) is 7.14. The van der Waals surface area contributed by atoms with Crippen molar-refractivity contribution in [2.75, 3.05) is 0 Å². The Kier molecular flexibility index (Phi) is 3.65. The van der Waals surface area contributed by atoms with E-state index in [1.54, 1.807) is 0 Å².